The molecule has 0 bridgehead atoms. The molecule has 1 aromatic heterocycles. The molecule has 0 aliphatic heterocycles. The van der Waals surface area contributed by atoms with E-state index in [-0.39, 0.29) is 0 Å². The first-order valence-corrected chi connectivity index (χ1v) is 6.32. The van der Waals surface area contributed by atoms with Crippen LogP contribution in [0.4, 0.5) is 0 Å². The number of hydrogen-bond donors (Lipinski definition) is 1. The molecule has 4 heteroatoms. The van der Waals surface area contributed by atoms with Crippen LogP contribution < -0.4 is 0 Å². The van der Waals surface area contributed by atoms with Gasteiger partial charge in [0.15, 0.2) is 0 Å². The molecular weight excluding hydrogens is 216 g/mol. The molecule has 0 saturated heterocycles. The third-order valence-corrected chi connectivity index (χ3v) is 3.58. The van der Waals surface area contributed by atoms with Crippen molar-refractivity contribution in [3.63, 3.8) is 0 Å². The highest BCUT2D eigenvalue weighted by molar-refractivity contribution is 5.05. The van der Waals surface area contributed by atoms with Gasteiger partial charge in [0, 0.05) is 6.54 Å². The van der Waals surface area contributed by atoms with E-state index >= 15 is 0 Å². The molecule has 0 radical (unpaired) electrons. The third kappa shape index (κ3) is 3.07. The lowest BCUT2D eigenvalue weighted by Gasteiger charge is -2.27. The van der Waals surface area contributed by atoms with E-state index in [1.54, 1.807) is 0 Å². The Kier molecular flexibility index (Phi) is 3.54. The first kappa shape index (κ1) is 12.6. The van der Waals surface area contributed by atoms with Crippen LogP contribution in [-0.4, -0.2) is 34.2 Å². The maximum atomic E-state index is 10.3. The summed E-state index contributed by atoms with van der Waals surface area (Å²) in [4.78, 5) is 6.45. The Morgan fingerprint density at radius 2 is 2.00 bits per heavy atom. The molecule has 1 saturated carbocycles. The van der Waals surface area contributed by atoms with Crippen molar-refractivity contribution in [2.75, 3.05) is 13.6 Å². The topological polar surface area (TPSA) is 49.5 Å². The molecule has 1 heterocycles. The van der Waals surface area contributed by atoms with Crippen LogP contribution in [-0.2, 0) is 6.54 Å². The minimum atomic E-state index is -0.495. The molecular formula is C13H22N2O2. The van der Waals surface area contributed by atoms with Gasteiger partial charge in [-0.25, -0.2) is 4.98 Å². The summed E-state index contributed by atoms with van der Waals surface area (Å²) in [5, 5.41) is 10.3. The van der Waals surface area contributed by atoms with E-state index in [4.69, 9.17) is 4.42 Å². The van der Waals surface area contributed by atoms with Gasteiger partial charge in [-0.3, -0.25) is 4.90 Å². The Balaban J connectivity index is 1.90. The molecule has 0 unspecified atom stereocenters. The highest BCUT2D eigenvalue weighted by atomic mass is 16.4. The number of oxazole rings is 1. The van der Waals surface area contributed by atoms with Gasteiger partial charge < -0.3 is 9.52 Å². The summed E-state index contributed by atoms with van der Waals surface area (Å²) < 4.78 is 5.55. The van der Waals surface area contributed by atoms with E-state index in [9.17, 15) is 5.11 Å². The molecule has 1 fully saturated rings. The minimum Gasteiger partial charge on any atom is -0.444 e. The van der Waals surface area contributed by atoms with E-state index < -0.39 is 5.60 Å². The highest BCUT2D eigenvalue weighted by Crippen LogP contribution is 2.30. The van der Waals surface area contributed by atoms with Crippen molar-refractivity contribution < 1.29 is 9.52 Å². The molecule has 2 rings (SSSR count). The average Bonchev–Trinajstić information content (AvgIpc) is 2.75. The summed E-state index contributed by atoms with van der Waals surface area (Å²) >= 11 is 0. The van der Waals surface area contributed by atoms with Gasteiger partial charge in [0.05, 0.1) is 17.8 Å². The number of aromatic nitrogens is 1. The van der Waals surface area contributed by atoms with Crippen molar-refractivity contribution >= 4 is 0 Å². The van der Waals surface area contributed by atoms with Crippen LogP contribution in [0.25, 0.3) is 0 Å². The third-order valence-electron chi connectivity index (χ3n) is 3.58. The molecule has 4 nitrogen and oxygen atoms in total. The van der Waals surface area contributed by atoms with Gasteiger partial charge in [0.1, 0.15) is 5.76 Å². The Morgan fingerprint density at radius 1 is 1.35 bits per heavy atom. The summed E-state index contributed by atoms with van der Waals surface area (Å²) in [6, 6.07) is 0. The summed E-state index contributed by atoms with van der Waals surface area (Å²) in [6.45, 7) is 5.24. The number of hydrogen-bond acceptors (Lipinski definition) is 4. The van der Waals surface area contributed by atoms with Gasteiger partial charge in [-0.1, -0.05) is 12.8 Å². The van der Waals surface area contributed by atoms with Gasteiger partial charge >= 0.3 is 0 Å². The highest BCUT2D eigenvalue weighted by Gasteiger charge is 2.32. The van der Waals surface area contributed by atoms with Crippen LogP contribution in [0.5, 0.6) is 0 Å². The van der Waals surface area contributed by atoms with Crippen molar-refractivity contribution in [3.8, 4) is 0 Å². The van der Waals surface area contributed by atoms with Crippen LogP contribution in [0, 0.1) is 13.8 Å². The Bertz CT molecular complexity index is 361. The fraction of sp³-hybridized carbons (Fsp3) is 0.769. The maximum absolute atomic E-state index is 10.3. The van der Waals surface area contributed by atoms with Crippen LogP contribution in [0.2, 0.25) is 0 Å². The predicted octanol–water partition coefficient (Wildman–Crippen LogP) is 2.03. The number of aryl methyl sites for hydroxylation is 2. The molecule has 0 amide bonds. The zero-order valence-corrected chi connectivity index (χ0v) is 11.0. The smallest absolute Gasteiger partial charge is 0.208 e. The lowest BCUT2D eigenvalue weighted by Crippen LogP contribution is -2.38. The summed E-state index contributed by atoms with van der Waals surface area (Å²) in [5.41, 5.74) is 0.457. The molecule has 96 valence electrons. The summed E-state index contributed by atoms with van der Waals surface area (Å²) in [5.74, 6) is 1.62. The quantitative estimate of drug-likeness (QED) is 0.872. The van der Waals surface area contributed by atoms with Crippen LogP contribution in [0.3, 0.4) is 0 Å². The molecule has 1 N–H and O–H groups in total. The monoisotopic (exact) mass is 238 g/mol. The molecule has 1 aromatic rings. The Labute approximate surface area is 103 Å². The Morgan fingerprint density at radius 3 is 2.53 bits per heavy atom. The molecule has 17 heavy (non-hydrogen) atoms. The van der Waals surface area contributed by atoms with E-state index in [2.05, 4.69) is 9.88 Å². The van der Waals surface area contributed by atoms with E-state index in [1.165, 1.54) is 0 Å². The first-order chi connectivity index (χ1) is 7.98. The first-order valence-electron chi connectivity index (χ1n) is 6.32. The van der Waals surface area contributed by atoms with Crippen molar-refractivity contribution in [1.82, 2.24) is 9.88 Å². The number of aliphatic hydroxyl groups is 1. The van der Waals surface area contributed by atoms with Crippen molar-refractivity contribution in [3.05, 3.63) is 17.3 Å². The second-order valence-electron chi connectivity index (χ2n) is 5.35. The van der Waals surface area contributed by atoms with Crippen LogP contribution in [0.15, 0.2) is 4.42 Å². The zero-order valence-electron chi connectivity index (χ0n) is 11.0. The van der Waals surface area contributed by atoms with Crippen LogP contribution >= 0.6 is 0 Å². The van der Waals surface area contributed by atoms with Gasteiger partial charge in [0.25, 0.3) is 0 Å². The van der Waals surface area contributed by atoms with Gasteiger partial charge in [-0.05, 0) is 33.7 Å². The second kappa shape index (κ2) is 4.78. The minimum absolute atomic E-state index is 0.495. The number of nitrogens with zero attached hydrogens (tertiary/aromatic N) is 2. The molecule has 0 spiro atoms. The normalized spacial score (nSPS) is 19.1. The Hall–Kier alpha value is -0.870. The van der Waals surface area contributed by atoms with Crippen molar-refractivity contribution in [1.29, 1.82) is 0 Å². The SMILES string of the molecule is Cc1nc(CN(C)CC2(O)CCCC2)oc1C. The second-order valence-corrected chi connectivity index (χ2v) is 5.35. The van der Waals surface area contributed by atoms with Gasteiger partial charge in [0.2, 0.25) is 5.89 Å². The van der Waals surface area contributed by atoms with Gasteiger partial charge in [-0.2, -0.15) is 0 Å². The molecule has 1 aliphatic carbocycles. The van der Waals surface area contributed by atoms with E-state index in [1.807, 2.05) is 20.9 Å². The average molecular weight is 238 g/mol. The summed E-state index contributed by atoms with van der Waals surface area (Å²) in [7, 11) is 2.01. The largest absolute Gasteiger partial charge is 0.444 e. The predicted molar refractivity (Wildman–Crippen MR) is 65.7 cm³/mol. The molecule has 0 atom stereocenters. The van der Waals surface area contributed by atoms with Gasteiger partial charge in [-0.15, -0.1) is 0 Å². The zero-order chi connectivity index (χ0) is 12.5. The number of likely N-dealkylation sites (N-methyl/N-ethyl adjacent to an activating group) is 1. The molecule has 0 aromatic carbocycles. The van der Waals surface area contributed by atoms with E-state index in [0.29, 0.717) is 13.1 Å². The van der Waals surface area contributed by atoms with Crippen molar-refractivity contribution in [2.24, 2.45) is 0 Å². The van der Waals surface area contributed by atoms with Crippen LogP contribution in [0.1, 0.15) is 43.0 Å². The summed E-state index contributed by atoms with van der Waals surface area (Å²) in [6.07, 6.45) is 4.12. The number of rotatable bonds is 4. The fourth-order valence-corrected chi connectivity index (χ4v) is 2.59. The van der Waals surface area contributed by atoms with E-state index in [0.717, 1.165) is 43.0 Å². The maximum Gasteiger partial charge on any atom is 0.208 e. The standard InChI is InChI=1S/C13H22N2O2/c1-10-11(2)17-12(14-10)8-15(3)9-13(16)6-4-5-7-13/h16H,4-9H2,1-3H3. The molecule has 1 aliphatic rings. The fourth-order valence-electron chi connectivity index (χ4n) is 2.59. The van der Waals surface area contributed by atoms with Crippen molar-refractivity contribution in [2.45, 2.75) is 51.7 Å². The lowest BCUT2D eigenvalue weighted by atomic mass is 10.0. The lowest BCUT2D eigenvalue weighted by molar-refractivity contribution is 0.0127.